The summed E-state index contributed by atoms with van der Waals surface area (Å²) in [5.74, 6) is -0.883. The Labute approximate surface area is 204 Å². The maximum absolute atomic E-state index is 10.3. The summed E-state index contributed by atoms with van der Waals surface area (Å²) in [6.45, 7) is 3.63. The van der Waals surface area contributed by atoms with Crippen LogP contribution in [0.5, 0.6) is 0 Å². The molecule has 0 aliphatic heterocycles. The molecule has 0 radical (unpaired) electrons. The SMILES string of the molecule is CCC(CO)(CO)CO.CCCCCCCCCCCCCCCCCC=CC=CC(=O)O. The van der Waals surface area contributed by atoms with Crippen LogP contribution in [0.15, 0.2) is 24.3 Å². The predicted octanol–water partition coefficient (Wildman–Crippen LogP) is 6.80. The number of unbranched alkanes of at least 4 members (excludes halogenated alkanes) is 15. The highest BCUT2D eigenvalue weighted by Gasteiger charge is 2.24. The molecule has 0 heterocycles. The molecule has 0 saturated carbocycles. The zero-order valence-electron chi connectivity index (χ0n) is 21.6. The van der Waals surface area contributed by atoms with E-state index < -0.39 is 11.4 Å². The number of carboxylic acid groups (broad SMARTS) is 1. The molecule has 5 heteroatoms. The Balaban J connectivity index is 0. The topological polar surface area (TPSA) is 98.0 Å². The van der Waals surface area contributed by atoms with E-state index in [9.17, 15) is 4.79 Å². The van der Waals surface area contributed by atoms with E-state index in [4.69, 9.17) is 20.4 Å². The lowest BCUT2D eigenvalue weighted by Gasteiger charge is -2.24. The Hall–Kier alpha value is -1.17. The molecule has 0 aromatic carbocycles. The highest BCUT2D eigenvalue weighted by molar-refractivity contribution is 5.80. The summed E-state index contributed by atoms with van der Waals surface area (Å²) in [7, 11) is 0. The summed E-state index contributed by atoms with van der Waals surface area (Å²) in [4.78, 5) is 10.3. The number of hydrogen-bond donors (Lipinski definition) is 4. The molecule has 0 aromatic heterocycles. The largest absolute Gasteiger partial charge is 0.478 e. The molecule has 0 aliphatic carbocycles. The van der Waals surface area contributed by atoms with Gasteiger partial charge in [-0.2, -0.15) is 0 Å². The Kier molecular flexibility index (Phi) is 27.9. The average Bonchev–Trinajstić information content (AvgIpc) is 2.82. The first-order valence-corrected chi connectivity index (χ1v) is 13.4. The van der Waals surface area contributed by atoms with Gasteiger partial charge in [0.25, 0.3) is 0 Å². The second-order valence-corrected chi connectivity index (χ2v) is 9.19. The first kappa shape index (κ1) is 34.0. The average molecular weight is 471 g/mol. The minimum Gasteiger partial charge on any atom is -0.478 e. The number of carboxylic acids is 1. The number of hydrogen-bond acceptors (Lipinski definition) is 4. The summed E-state index contributed by atoms with van der Waals surface area (Å²) >= 11 is 0. The zero-order chi connectivity index (χ0) is 25.0. The second-order valence-electron chi connectivity index (χ2n) is 9.19. The highest BCUT2D eigenvalue weighted by Crippen LogP contribution is 2.18. The number of aliphatic hydroxyl groups excluding tert-OH is 3. The molecule has 33 heavy (non-hydrogen) atoms. The third-order valence-corrected chi connectivity index (χ3v) is 6.22. The van der Waals surface area contributed by atoms with Crippen LogP contribution < -0.4 is 0 Å². The smallest absolute Gasteiger partial charge is 0.328 e. The Morgan fingerprint density at radius 3 is 1.33 bits per heavy atom. The number of aliphatic hydroxyl groups is 3. The van der Waals surface area contributed by atoms with Crippen LogP contribution in [0.2, 0.25) is 0 Å². The Morgan fingerprint density at radius 2 is 1.03 bits per heavy atom. The lowest BCUT2D eigenvalue weighted by Crippen LogP contribution is -2.32. The van der Waals surface area contributed by atoms with Crippen LogP contribution in [-0.4, -0.2) is 46.2 Å². The molecule has 0 amide bonds. The van der Waals surface area contributed by atoms with Crippen molar-refractivity contribution in [2.45, 2.75) is 123 Å². The first-order valence-electron chi connectivity index (χ1n) is 13.4. The number of allylic oxidation sites excluding steroid dienone is 3. The van der Waals surface area contributed by atoms with Crippen molar-refractivity contribution in [3.05, 3.63) is 24.3 Å². The van der Waals surface area contributed by atoms with Gasteiger partial charge in [0.05, 0.1) is 19.8 Å². The molecular weight excluding hydrogens is 416 g/mol. The molecular formula is C28H54O5. The summed E-state index contributed by atoms with van der Waals surface area (Å²) < 4.78 is 0. The predicted molar refractivity (Wildman–Crippen MR) is 139 cm³/mol. The van der Waals surface area contributed by atoms with Gasteiger partial charge in [0.2, 0.25) is 0 Å². The molecule has 4 N–H and O–H groups in total. The van der Waals surface area contributed by atoms with Crippen molar-refractivity contribution < 1.29 is 25.2 Å². The summed E-state index contributed by atoms with van der Waals surface area (Å²) in [5, 5.41) is 34.4. The Morgan fingerprint density at radius 1 is 0.636 bits per heavy atom. The molecule has 0 aromatic rings. The molecule has 5 nitrogen and oxygen atoms in total. The summed E-state index contributed by atoms with van der Waals surface area (Å²) in [5.41, 5.74) is -0.667. The normalized spacial score (nSPS) is 11.8. The van der Waals surface area contributed by atoms with Crippen molar-refractivity contribution in [3.8, 4) is 0 Å². The standard InChI is InChI=1S/C22H40O2.C6H14O3/c1-2-3-4-5-6-7-8-9-10-11-12-13-14-15-16-17-18-19-20-21-22(23)24;1-2-6(3-7,4-8)5-9/h18-21H,2-17H2,1H3,(H,23,24);7-9H,2-5H2,1H3. The van der Waals surface area contributed by atoms with E-state index in [1.54, 1.807) is 6.08 Å². The van der Waals surface area contributed by atoms with Gasteiger partial charge in [0.1, 0.15) is 0 Å². The molecule has 196 valence electrons. The maximum atomic E-state index is 10.3. The van der Waals surface area contributed by atoms with Gasteiger partial charge in [-0.3, -0.25) is 0 Å². The fraction of sp³-hybridized carbons (Fsp3) is 0.821. The zero-order valence-corrected chi connectivity index (χ0v) is 21.6. The molecule has 0 saturated heterocycles. The van der Waals surface area contributed by atoms with Crippen LogP contribution >= 0.6 is 0 Å². The minimum atomic E-state index is -0.883. The molecule has 0 fully saturated rings. The van der Waals surface area contributed by atoms with E-state index in [1.165, 1.54) is 102 Å². The molecule has 0 unspecified atom stereocenters. The van der Waals surface area contributed by atoms with Crippen LogP contribution in [0.4, 0.5) is 0 Å². The number of carbonyl (C=O) groups is 1. The third-order valence-electron chi connectivity index (χ3n) is 6.22. The first-order chi connectivity index (χ1) is 16.0. The monoisotopic (exact) mass is 470 g/mol. The van der Waals surface area contributed by atoms with Crippen LogP contribution in [0, 0.1) is 5.41 Å². The van der Waals surface area contributed by atoms with Gasteiger partial charge < -0.3 is 20.4 Å². The lowest BCUT2D eigenvalue weighted by atomic mass is 9.88. The molecule has 0 aliphatic rings. The van der Waals surface area contributed by atoms with Gasteiger partial charge in [-0.05, 0) is 19.3 Å². The number of rotatable bonds is 22. The molecule has 0 spiro atoms. The molecule has 0 atom stereocenters. The second kappa shape index (κ2) is 27.1. The van der Waals surface area contributed by atoms with Crippen LogP contribution in [-0.2, 0) is 4.79 Å². The van der Waals surface area contributed by atoms with Crippen LogP contribution in [0.1, 0.15) is 123 Å². The quantitative estimate of drug-likeness (QED) is 0.0792. The number of aliphatic carboxylic acids is 1. The van der Waals surface area contributed by atoms with Crippen molar-refractivity contribution in [1.29, 1.82) is 0 Å². The lowest BCUT2D eigenvalue weighted by molar-refractivity contribution is -0.131. The summed E-state index contributed by atoms with van der Waals surface area (Å²) in [6, 6.07) is 0. The van der Waals surface area contributed by atoms with Crippen molar-refractivity contribution >= 4 is 5.97 Å². The van der Waals surface area contributed by atoms with Gasteiger partial charge in [-0.25, -0.2) is 4.79 Å². The Bertz CT molecular complexity index is 438. The van der Waals surface area contributed by atoms with Crippen molar-refractivity contribution in [1.82, 2.24) is 0 Å². The highest BCUT2D eigenvalue weighted by atomic mass is 16.4. The van der Waals surface area contributed by atoms with Gasteiger partial charge in [-0.15, -0.1) is 0 Å². The van der Waals surface area contributed by atoms with E-state index in [0.717, 1.165) is 6.42 Å². The van der Waals surface area contributed by atoms with Crippen molar-refractivity contribution in [3.63, 3.8) is 0 Å². The fourth-order valence-corrected chi connectivity index (χ4v) is 3.43. The van der Waals surface area contributed by atoms with E-state index in [-0.39, 0.29) is 19.8 Å². The maximum Gasteiger partial charge on any atom is 0.328 e. The minimum absolute atomic E-state index is 0.156. The van der Waals surface area contributed by atoms with Crippen LogP contribution in [0.25, 0.3) is 0 Å². The fourth-order valence-electron chi connectivity index (χ4n) is 3.43. The van der Waals surface area contributed by atoms with Gasteiger partial charge in [0, 0.05) is 11.5 Å². The van der Waals surface area contributed by atoms with Crippen molar-refractivity contribution in [2.75, 3.05) is 19.8 Å². The third kappa shape index (κ3) is 25.3. The van der Waals surface area contributed by atoms with Gasteiger partial charge >= 0.3 is 5.97 Å². The van der Waals surface area contributed by atoms with E-state index in [0.29, 0.717) is 6.42 Å². The van der Waals surface area contributed by atoms with Gasteiger partial charge in [0.15, 0.2) is 0 Å². The van der Waals surface area contributed by atoms with E-state index >= 15 is 0 Å². The summed E-state index contributed by atoms with van der Waals surface area (Å²) in [6.07, 6.45) is 29.2. The molecule has 0 bridgehead atoms. The van der Waals surface area contributed by atoms with Crippen molar-refractivity contribution in [2.24, 2.45) is 5.41 Å². The van der Waals surface area contributed by atoms with E-state index in [1.807, 2.05) is 13.0 Å². The van der Waals surface area contributed by atoms with Crippen LogP contribution in [0.3, 0.4) is 0 Å². The van der Waals surface area contributed by atoms with E-state index in [2.05, 4.69) is 13.0 Å². The van der Waals surface area contributed by atoms with Gasteiger partial charge in [-0.1, -0.05) is 122 Å². The molecule has 0 rings (SSSR count).